The second-order valence-corrected chi connectivity index (χ2v) is 11.3. The van der Waals surface area contributed by atoms with E-state index in [4.69, 9.17) is 4.74 Å². The molecule has 0 radical (unpaired) electrons. The van der Waals surface area contributed by atoms with Crippen molar-refractivity contribution in [3.63, 3.8) is 0 Å². The summed E-state index contributed by atoms with van der Waals surface area (Å²) >= 11 is 1.74. The molecule has 6 nitrogen and oxygen atoms in total. The molecule has 2 aromatic rings. The molecule has 0 spiro atoms. The summed E-state index contributed by atoms with van der Waals surface area (Å²) in [6.45, 7) is 4.67. The van der Waals surface area contributed by atoms with Crippen molar-refractivity contribution in [1.29, 1.82) is 0 Å². The molecule has 10 heteroatoms. The van der Waals surface area contributed by atoms with Crippen LogP contribution in [0.2, 0.25) is 0 Å². The Balaban J connectivity index is 1.09. The Hall–Kier alpha value is -2.72. The summed E-state index contributed by atoms with van der Waals surface area (Å²) in [5.74, 6) is 2.86. The SMILES string of the molecule is COc1ccc(C23C[C@@H]2CN(CCCSC2NN=C(c4ccc(C(F)(F)F)cc4)N2C)C3)cc1C(C)=O. The van der Waals surface area contributed by atoms with E-state index in [1.807, 2.05) is 24.1 Å². The van der Waals surface area contributed by atoms with Crippen LogP contribution in [0.25, 0.3) is 0 Å². The summed E-state index contributed by atoms with van der Waals surface area (Å²) < 4.78 is 43.9. The molecule has 2 fully saturated rings. The van der Waals surface area contributed by atoms with Gasteiger partial charge in [0.05, 0.1) is 18.2 Å². The second-order valence-electron chi connectivity index (χ2n) is 10.1. The highest BCUT2D eigenvalue weighted by molar-refractivity contribution is 7.99. The monoisotopic (exact) mass is 532 g/mol. The van der Waals surface area contributed by atoms with E-state index in [-0.39, 0.29) is 16.7 Å². The number of nitrogens with one attached hydrogen (secondary N) is 1. The van der Waals surface area contributed by atoms with Crippen molar-refractivity contribution in [2.45, 2.75) is 36.9 Å². The Morgan fingerprint density at radius 2 is 2.00 bits per heavy atom. The summed E-state index contributed by atoms with van der Waals surface area (Å²) in [7, 11) is 3.49. The number of Topliss-reactive ketones (excluding diaryl/α,β-unsaturated/α-hetero) is 1. The first kappa shape index (κ1) is 25.9. The molecule has 2 unspecified atom stereocenters. The Kier molecular flexibility index (Phi) is 6.91. The summed E-state index contributed by atoms with van der Waals surface area (Å²) in [6, 6.07) is 11.2. The number of alkyl halides is 3. The lowest BCUT2D eigenvalue weighted by molar-refractivity contribution is -0.137. The molecular formula is C27H31F3N4O2S. The number of hydrogen-bond donors (Lipinski definition) is 1. The van der Waals surface area contributed by atoms with Crippen LogP contribution in [0.3, 0.4) is 0 Å². The van der Waals surface area contributed by atoms with Gasteiger partial charge in [-0.05, 0) is 67.8 Å². The summed E-state index contributed by atoms with van der Waals surface area (Å²) in [6.07, 6.45) is -2.15. The number of ketones is 1. The molecule has 1 saturated heterocycles. The highest BCUT2D eigenvalue weighted by Crippen LogP contribution is 2.59. The number of ether oxygens (including phenoxy) is 1. The van der Waals surface area contributed by atoms with Crippen molar-refractivity contribution in [2.24, 2.45) is 11.0 Å². The standard InChI is InChI=1S/C27H31F3N4O2S/c1-17(35)22-13-20(9-10-23(22)36-3)26-14-21(26)15-34(16-26)11-4-12-37-25-32-31-24(33(25)2)18-5-7-19(8-6-18)27(28,29)30/h5-10,13,21,25,32H,4,11-12,14-16H2,1-3H3/t21-,25?,26?/m1/s1. The first-order valence-corrected chi connectivity index (χ1v) is 13.4. The summed E-state index contributed by atoms with van der Waals surface area (Å²) in [5.41, 5.74) is 5.08. The zero-order chi connectivity index (χ0) is 26.4. The minimum absolute atomic E-state index is 0.0233. The number of amidine groups is 1. The van der Waals surface area contributed by atoms with Crippen LogP contribution in [0, 0.1) is 5.92 Å². The highest BCUT2D eigenvalue weighted by Gasteiger charge is 2.60. The smallest absolute Gasteiger partial charge is 0.416 e. The van der Waals surface area contributed by atoms with Gasteiger partial charge in [-0.15, -0.1) is 11.8 Å². The fourth-order valence-corrected chi connectivity index (χ4v) is 6.57. The Morgan fingerprint density at radius 1 is 1.24 bits per heavy atom. The number of benzene rings is 2. The molecule has 5 rings (SSSR count). The van der Waals surface area contributed by atoms with Crippen LogP contribution in [0.1, 0.15) is 46.8 Å². The normalized spacial score (nSPS) is 25.0. The number of thioether (sulfide) groups is 1. The van der Waals surface area contributed by atoms with E-state index in [0.717, 1.165) is 43.9 Å². The minimum Gasteiger partial charge on any atom is -0.496 e. The summed E-state index contributed by atoms with van der Waals surface area (Å²) in [4.78, 5) is 16.6. The van der Waals surface area contributed by atoms with Gasteiger partial charge in [0.15, 0.2) is 17.1 Å². The number of rotatable bonds is 9. The lowest BCUT2D eigenvalue weighted by atomic mass is 9.92. The van der Waals surface area contributed by atoms with Crippen LogP contribution in [-0.2, 0) is 11.6 Å². The van der Waals surface area contributed by atoms with Gasteiger partial charge in [0, 0.05) is 31.1 Å². The van der Waals surface area contributed by atoms with Crippen molar-refractivity contribution in [3.05, 3.63) is 64.7 Å². The molecule has 0 amide bonds. The maximum Gasteiger partial charge on any atom is 0.416 e. The Morgan fingerprint density at radius 3 is 2.68 bits per heavy atom. The number of piperidine rings is 1. The number of carbonyl (C=O) groups excluding carboxylic acids is 1. The molecule has 1 saturated carbocycles. The van der Waals surface area contributed by atoms with Crippen LogP contribution >= 0.6 is 11.8 Å². The first-order valence-electron chi connectivity index (χ1n) is 12.4. The average Bonchev–Trinajstić information content (AvgIpc) is 3.25. The number of hydrazone groups is 1. The summed E-state index contributed by atoms with van der Waals surface area (Å²) in [5, 5.41) is 4.35. The minimum atomic E-state index is -4.35. The number of hydrogen-bond acceptors (Lipinski definition) is 7. The predicted octanol–water partition coefficient (Wildman–Crippen LogP) is 4.79. The van der Waals surface area contributed by atoms with E-state index in [9.17, 15) is 18.0 Å². The zero-order valence-electron chi connectivity index (χ0n) is 21.1. The van der Waals surface area contributed by atoms with Crippen molar-refractivity contribution < 1.29 is 22.7 Å². The van der Waals surface area contributed by atoms with Crippen LogP contribution in [0.4, 0.5) is 13.2 Å². The van der Waals surface area contributed by atoms with Gasteiger partial charge in [-0.2, -0.15) is 18.3 Å². The molecular weight excluding hydrogens is 501 g/mol. The number of methoxy groups -OCH3 is 1. The fraction of sp³-hybridized carbons (Fsp3) is 0.481. The van der Waals surface area contributed by atoms with E-state index in [1.165, 1.54) is 24.1 Å². The number of nitrogens with zero attached hydrogens (tertiary/aromatic N) is 3. The molecule has 1 aliphatic carbocycles. The number of likely N-dealkylation sites (tertiary alicyclic amines) is 1. The Bertz CT molecular complexity index is 1200. The molecule has 1 N–H and O–H groups in total. The number of carbonyl (C=O) groups is 1. The van der Waals surface area contributed by atoms with Crippen LogP contribution in [-0.4, -0.2) is 66.5 Å². The van der Waals surface area contributed by atoms with E-state index in [0.29, 0.717) is 28.6 Å². The molecule has 2 aliphatic heterocycles. The topological polar surface area (TPSA) is 57.2 Å². The van der Waals surface area contributed by atoms with Crippen molar-refractivity contribution in [1.82, 2.24) is 15.2 Å². The zero-order valence-corrected chi connectivity index (χ0v) is 22.0. The van der Waals surface area contributed by atoms with E-state index in [1.54, 1.807) is 25.8 Å². The van der Waals surface area contributed by atoms with Crippen molar-refractivity contribution in [2.75, 3.05) is 39.5 Å². The molecule has 198 valence electrons. The van der Waals surface area contributed by atoms with Gasteiger partial charge in [-0.1, -0.05) is 18.2 Å². The van der Waals surface area contributed by atoms with E-state index in [2.05, 4.69) is 21.5 Å². The molecule has 0 aromatic heterocycles. The van der Waals surface area contributed by atoms with Gasteiger partial charge < -0.3 is 14.5 Å². The lowest BCUT2D eigenvalue weighted by Crippen LogP contribution is -2.35. The number of halogens is 3. The number of fused-ring (bicyclic) bond motifs is 1. The maximum absolute atomic E-state index is 12.8. The molecule has 0 bridgehead atoms. The predicted molar refractivity (Wildman–Crippen MR) is 139 cm³/mol. The van der Waals surface area contributed by atoms with Crippen LogP contribution in [0.5, 0.6) is 5.75 Å². The van der Waals surface area contributed by atoms with E-state index < -0.39 is 11.7 Å². The molecule has 3 atom stereocenters. The van der Waals surface area contributed by atoms with Gasteiger partial charge in [-0.3, -0.25) is 10.2 Å². The highest BCUT2D eigenvalue weighted by atomic mass is 32.2. The van der Waals surface area contributed by atoms with Crippen LogP contribution < -0.4 is 10.2 Å². The van der Waals surface area contributed by atoms with Gasteiger partial charge in [0.1, 0.15) is 5.75 Å². The quantitative estimate of drug-likeness (QED) is 0.370. The third kappa shape index (κ3) is 5.05. The molecule has 37 heavy (non-hydrogen) atoms. The fourth-order valence-electron chi connectivity index (χ4n) is 5.60. The maximum atomic E-state index is 12.8. The van der Waals surface area contributed by atoms with E-state index >= 15 is 0 Å². The molecule has 2 aromatic carbocycles. The molecule has 2 heterocycles. The largest absolute Gasteiger partial charge is 0.496 e. The van der Waals surface area contributed by atoms with Gasteiger partial charge in [-0.25, -0.2) is 0 Å². The van der Waals surface area contributed by atoms with Crippen molar-refractivity contribution >= 4 is 23.4 Å². The van der Waals surface area contributed by atoms with Gasteiger partial charge in [0.2, 0.25) is 0 Å². The first-order chi connectivity index (χ1) is 17.6. The Labute approximate surface area is 219 Å². The third-order valence-electron chi connectivity index (χ3n) is 7.70. The van der Waals surface area contributed by atoms with Crippen molar-refractivity contribution in [3.8, 4) is 5.75 Å². The average molecular weight is 533 g/mol. The third-order valence-corrected chi connectivity index (χ3v) is 8.96. The molecule has 3 aliphatic rings. The van der Waals surface area contributed by atoms with Gasteiger partial charge >= 0.3 is 6.18 Å². The second kappa shape index (κ2) is 9.87. The van der Waals surface area contributed by atoms with Crippen LogP contribution in [0.15, 0.2) is 47.6 Å². The van der Waals surface area contributed by atoms with Gasteiger partial charge in [0.25, 0.3) is 0 Å². The lowest BCUT2D eigenvalue weighted by Gasteiger charge is -2.24.